The number of hydrogen-bond donors (Lipinski definition) is 0. The number of rotatable bonds is 0. The molecule has 1 rings (SSSR count). The second-order valence-corrected chi connectivity index (χ2v) is 4.48. The molecule has 1 aliphatic heterocycles. The van der Waals surface area contributed by atoms with Crippen molar-refractivity contribution in [1.29, 1.82) is 0 Å². The molecule has 0 atom stereocenters. The largest absolute Gasteiger partial charge is 0.627 e. The molecule has 0 amide bonds. The highest BCUT2D eigenvalue weighted by Gasteiger charge is 2.91. The standard InChI is InChI=1S/C2F6O2Si/c3-1(4,5)11(9-10-11)2(6,7)8. The molecule has 1 heterocycles. The summed E-state index contributed by atoms with van der Waals surface area (Å²) in [6.07, 6.45) is 0. The minimum Gasteiger partial charge on any atom is -0.238 e. The summed E-state index contributed by atoms with van der Waals surface area (Å²) in [6, 6.07) is 0. The van der Waals surface area contributed by atoms with Gasteiger partial charge >= 0.3 is 20.2 Å². The van der Waals surface area contributed by atoms with E-state index in [-0.39, 0.29) is 0 Å². The molecule has 0 radical (unpaired) electrons. The average Bonchev–Trinajstić information content (AvgIpc) is 2.31. The van der Waals surface area contributed by atoms with Crippen LogP contribution in [0, 0.1) is 0 Å². The summed E-state index contributed by atoms with van der Waals surface area (Å²) < 4.78 is 74.9. The molecule has 2 nitrogen and oxygen atoms in total. The van der Waals surface area contributed by atoms with Crippen molar-refractivity contribution in [2.24, 2.45) is 0 Å². The normalized spacial score (nSPS) is 23.5. The van der Waals surface area contributed by atoms with Gasteiger partial charge in [0, 0.05) is 0 Å². The first-order valence-corrected chi connectivity index (χ1v) is 4.03. The molecule has 0 spiro atoms. The third kappa shape index (κ3) is 1.12. The van der Waals surface area contributed by atoms with Gasteiger partial charge in [-0.3, -0.25) is 0 Å². The third-order valence-corrected chi connectivity index (χ3v) is 2.99. The highest BCUT2D eigenvalue weighted by molar-refractivity contribution is 6.76. The van der Waals surface area contributed by atoms with E-state index in [0.717, 1.165) is 0 Å². The topological polar surface area (TPSA) is 25.1 Å². The van der Waals surface area contributed by atoms with E-state index < -0.39 is 20.2 Å². The predicted molar refractivity (Wildman–Crippen MR) is 20.0 cm³/mol. The van der Waals surface area contributed by atoms with Gasteiger partial charge < -0.3 is 0 Å². The Kier molecular flexibility index (Phi) is 1.52. The molecule has 11 heavy (non-hydrogen) atoms. The Morgan fingerprint density at radius 3 is 1.00 bits per heavy atom. The fourth-order valence-electron chi connectivity index (χ4n) is 0.391. The Labute approximate surface area is 56.9 Å². The van der Waals surface area contributed by atoms with Crippen LogP contribution in [0.15, 0.2) is 0 Å². The van der Waals surface area contributed by atoms with Crippen molar-refractivity contribution in [1.82, 2.24) is 0 Å². The van der Waals surface area contributed by atoms with E-state index in [4.69, 9.17) is 0 Å². The first kappa shape index (κ1) is 8.81. The zero-order valence-electron chi connectivity index (χ0n) is 4.58. The van der Waals surface area contributed by atoms with Crippen molar-refractivity contribution in [3.63, 3.8) is 0 Å². The lowest BCUT2D eigenvalue weighted by atomic mass is 11.5. The smallest absolute Gasteiger partial charge is 0.238 e. The zero-order chi connectivity index (χ0) is 8.91. The van der Waals surface area contributed by atoms with E-state index in [2.05, 4.69) is 9.15 Å². The van der Waals surface area contributed by atoms with Crippen LogP contribution in [0.25, 0.3) is 0 Å². The lowest BCUT2D eigenvalue weighted by molar-refractivity contribution is -0.116. The second kappa shape index (κ2) is 1.90. The molecule has 1 aliphatic rings. The van der Waals surface area contributed by atoms with E-state index in [0.29, 0.717) is 0 Å². The van der Waals surface area contributed by atoms with E-state index in [9.17, 15) is 26.3 Å². The van der Waals surface area contributed by atoms with Crippen LogP contribution in [0.1, 0.15) is 0 Å². The molecule has 1 saturated heterocycles. The van der Waals surface area contributed by atoms with Crippen LogP contribution >= 0.6 is 0 Å². The number of hydrogen-bond acceptors (Lipinski definition) is 2. The molecule has 66 valence electrons. The summed E-state index contributed by atoms with van der Waals surface area (Å²) in [5, 5.41) is 0. The van der Waals surface area contributed by atoms with Gasteiger partial charge in [0.25, 0.3) is 0 Å². The zero-order valence-corrected chi connectivity index (χ0v) is 5.58. The Hall–Kier alpha value is -0.283. The summed E-state index contributed by atoms with van der Waals surface area (Å²) in [5.74, 6) is -10.9. The number of alkyl halides is 6. The van der Waals surface area contributed by atoms with Crippen LogP contribution in [-0.2, 0) is 9.15 Å². The molecule has 0 unspecified atom stereocenters. The summed E-state index contributed by atoms with van der Waals surface area (Å²) in [4.78, 5) is 0. The van der Waals surface area contributed by atoms with Gasteiger partial charge in [-0.15, -0.1) is 0 Å². The first-order valence-electron chi connectivity index (χ1n) is 2.21. The lowest BCUT2D eigenvalue weighted by Crippen LogP contribution is -2.51. The molecule has 0 N–H and O–H groups in total. The Balaban J connectivity index is 2.85. The quantitative estimate of drug-likeness (QED) is 0.255. The van der Waals surface area contributed by atoms with Crippen LogP contribution in [0.5, 0.6) is 0 Å². The molecule has 0 saturated carbocycles. The summed E-state index contributed by atoms with van der Waals surface area (Å²) in [5.41, 5.74) is 0. The van der Waals surface area contributed by atoms with Crippen LogP contribution < -0.4 is 0 Å². The summed E-state index contributed by atoms with van der Waals surface area (Å²) >= 11 is 0. The maximum atomic E-state index is 11.5. The van der Waals surface area contributed by atoms with E-state index >= 15 is 0 Å². The van der Waals surface area contributed by atoms with Crippen molar-refractivity contribution in [3.05, 3.63) is 0 Å². The fraction of sp³-hybridized carbons (Fsp3) is 1.00. The van der Waals surface area contributed by atoms with Gasteiger partial charge in [-0.05, 0) is 0 Å². The lowest BCUT2D eigenvalue weighted by Gasteiger charge is -2.10. The van der Waals surface area contributed by atoms with Crippen LogP contribution in [0.2, 0.25) is 0 Å². The highest BCUT2D eigenvalue weighted by atomic mass is 28.4. The molecule has 1 fully saturated rings. The van der Waals surface area contributed by atoms with Crippen molar-refractivity contribution in [3.8, 4) is 0 Å². The molecule has 9 heteroatoms. The van der Waals surface area contributed by atoms with Gasteiger partial charge in [0.2, 0.25) is 0 Å². The molecular weight excluding hydrogens is 198 g/mol. The predicted octanol–water partition coefficient (Wildman–Crippen LogP) is 1.59. The monoisotopic (exact) mass is 198 g/mol. The van der Waals surface area contributed by atoms with Crippen molar-refractivity contribution < 1.29 is 35.5 Å². The summed E-state index contributed by atoms with van der Waals surface area (Å²) in [7, 11) is -5.86. The fourth-order valence-corrected chi connectivity index (χ4v) is 1.42. The first-order chi connectivity index (χ1) is 4.71. The van der Waals surface area contributed by atoms with Gasteiger partial charge in [0.1, 0.15) is 0 Å². The van der Waals surface area contributed by atoms with Gasteiger partial charge in [0.15, 0.2) is 0 Å². The maximum absolute atomic E-state index is 11.5. The Morgan fingerprint density at radius 2 is 1.00 bits per heavy atom. The molecule has 0 aromatic heterocycles. The third-order valence-electron chi connectivity index (χ3n) is 0.996. The van der Waals surface area contributed by atoms with E-state index in [1.807, 2.05) is 0 Å². The van der Waals surface area contributed by atoms with Crippen molar-refractivity contribution >= 4 is 8.56 Å². The Morgan fingerprint density at radius 1 is 0.727 bits per heavy atom. The van der Waals surface area contributed by atoms with Gasteiger partial charge in [-0.25, -0.2) is 9.15 Å². The maximum Gasteiger partial charge on any atom is 0.627 e. The molecule has 0 aromatic carbocycles. The minimum atomic E-state index is -5.86. The average molecular weight is 198 g/mol. The Bertz CT molecular complexity index is 150. The molecular formula is C2F6O2Si. The molecule has 0 bridgehead atoms. The van der Waals surface area contributed by atoms with Crippen molar-refractivity contribution in [2.45, 2.75) is 11.6 Å². The van der Waals surface area contributed by atoms with Gasteiger partial charge in [0.05, 0.1) is 0 Å². The van der Waals surface area contributed by atoms with Crippen molar-refractivity contribution in [2.75, 3.05) is 0 Å². The van der Waals surface area contributed by atoms with Crippen LogP contribution in [0.4, 0.5) is 26.3 Å². The number of halogens is 6. The molecule has 0 aromatic rings. The van der Waals surface area contributed by atoms with Gasteiger partial charge in [-0.1, -0.05) is 0 Å². The second-order valence-electron chi connectivity index (χ2n) is 1.78. The summed E-state index contributed by atoms with van der Waals surface area (Å²) in [6.45, 7) is 0. The van der Waals surface area contributed by atoms with E-state index in [1.165, 1.54) is 0 Å². The van der Waals surface area contributed by atoms with Crippen LogP contribution in [-0.4, -0.2) is 20.2 Å². The van der Waals surface area contributed by atoms with Crippen LogP contribution in [0.3, 0.4) is 0 Å². The SMILES string of the molecule is FC(F)(F)[Si]1(C(F)(F)F)OO1. The molecule has 0 aliphatic carbocycles. The van der Waals surface area contributed by atoms with Gasteiger partial charge in [-0.2, -0.15) is 26.3 Å². The van der Waals surface area contributed by atoms with E-state index in [1.54, 1.807) is 0 Å². The minimum absolute atomic E-state index is 3.01. The highest BCUT2D eigenvalue weighted by Crippen LogP contribution is 2.50.